The SMILES string of the molecule is CC(C)(C)OC(=O)N1CCC(CC(=O)N2CCC(C3CCN(C4c5ccc(Cl)cc5CCc5cccnc54)CC3)CC2)CC1. The topological polar surface area (TPSA) is 66.0 Å². The van der Waals surface area contributed by atoms with Gasteiger partial charge in [0.1, 0.15) is 5.60 Å². The molecule has 0 bridgehead atoms. The highest BCUT2D eigenvalue weighted by Crippen LogP contribution is 2.41. The van der Waals surface area contributed by atoms with Crippen molar-refractivity contribution in [1.82, 2.24) is 19.7 Å². The summed E-state index contributed by atoms with van der Waals surface area (Å²) >= 11 is 6.42. The molecular formula is C36H49ClN4O3. The summed E-state index contributed by atoms with van der Waals surface area (Å²) < 4.78 is 5.52. The molecule has 3 aliphatic heterocycles. The maximum absolute atomic E-state index is 13.2. The van der Waals surface area contributed by atoms with E-state index >= 15 is 0 Å². The average Bonchev–Trinajstić information content (AvgIpc) is 3.17. The number of hydrogen-bond acceptors (Lipinski definition) is 5. The molecule has 1 aliphatic carbocycles. The third kappa shape index (κ3) is 7.25. The van der Waals surface area contributed by atoms with Gasteiger partial charge in [-0.1, -0.05) is 23.7 Å². The Hall–Kier alpha value is -2.64. The van der Waals surface area contributed by atoms with Crippen molar-refractivity contribution in [1.29, 1.82) is 0 Å². The second-order valence-corrected chi connectivity index (χ2v) is 14.9. The number of piperidine rings is 3. The largest absolute Gasteiger partial charge is 0.444 e. The van der Waals surface area contributed by atoms with E-state index in [-0.39, 0.29) is 12.1 Å². The van der Waals surface area contributed by atoms with E-state index in [1.807, 2.05) is 33.0 Å². The van der Waals surface area contributed by atoms with Crippen LogP contribution in [0.25, 0.3) is 0 Å². The molecule has 0 N–H and O–H groups in total. The number of pyridine rings is 1. The number of halogens is 1. The molecule has 4 aliphatic rings. The third-order valence-corrected chi connectivity index (χ3v) is 10.7. The Kier molecular flexibility index (Phi) is 9.53. The molecule has 7 nitrogen and oxygen atoms in total. The van der Waals surface area contributed by atoms with Crippen molar-refractivity contribution < 1.29 is 14.3 Å². The molecule has 1 aromatic heterocycles. The number of carbonyl (C=O) groups excluding carboxylic acids is 2. The van der Waals surface area contributed by atoms with E-state index in [0.29, 0.717) is 37.3 Å². The van der Waals surface area contributed by atoms with Gasteiger partial charge in [0.2, 0.25) is 5.91 Å². The molecule has 238 valence electrons. The van der Waals surface area contributed by atoms with Crippen molar-refractivity contribution in [3.05, 3.63) is 63.9 Å². The number of amides is 2. The first-order valence-electron chi connectivity index (χ1n) is 16.9. The van der Waals surface area contributed by atoms with Crippen molar-refractivity contribution in [2.75, 3.05) is 39.3 Å². The van der Waals surface area contributed by atoms with Crippen molar-refractivity contribution in [2.24, 2.45) is 17.8 Å². The molecule has 0 spiro atoms. The maximum Gasteiger partial charge on any atom is 0.410 e. The molecule has 1 unspecified atom stereocenters. The molecule has 1 atom stereocenters. The van der Waals surface area contributed by atoms with Crippen molar-refractivity contribution in [3.63, 3.8) is 0 Å². The van der Waals surface area contributed by atoms with Gasteiger partial charge in [0.15, 0.2) is 0 Å². The molecule has 3 fully saturated rings. The number of rotatable bonds is 4. The van der Waals surface area contributed by atoms with E-state index in [9.17, 15) is 9.59 Å². The number of carbonyl (C=O) groups is 2. The number of benzene rings is 1. The van der Waals surface area contributed by atoms with Crippen LogP contribution < -0.4 is 0 Å². The minimum absolute atomic E-state index is 0.192. The highest BCUT2D eigenvalue weighted by atomic mass is 35.5. The number of hydrogen-bond donors (Lipinski definition) is 0. The molecule has 2 amide bonds. The summed E-state index contributed by atoms with van der Waals surface area (Å²) in [5, 5.41) is 0.813. The zero-order valence-electron chi connectivity index (χ0n) is 26.8. The van der Waals surface area contributed by atoms with Gasteiger partial charge in [-0.3, -0.25) is 14.7 Å². The predicted octanol–water partition coefficient (Wildman–Crippen LogP) is 6.91. The summed E-state index contributed by atoms with van der Waals surface area (Å²) in [6.45, 7) is 11.0. The van der Waals surface area contributed by atoms with E-state index in [0.717, 1.165) is 75.6 Å². The van der Waals surface area contributed by atoms with Gasteiger partial charge in [-0.15, -0.1) is 0 Å². The van der Waals surface area contributed by atoms with E-state index in [1.165, 1.54) is 35.2 Å². The highest BCUT2D eigenvalue weighted by Gasteiger charge is 2.36. The number of likely N-dealkylation sites (tertiary alicyclic amines) is 3. The van der Waals surface area contributed by atoms with Crippen LogP contribution in [0.3, 0.4) is 0 Å². The molecule has 0 radical (unpaired) electrons. The van der Waals surface area contributed by atoms with Gasteiger partial charge in [0.05, 0.1) is 11.7 Å². The molecule has 2 aromatic rings. The van der Waals surface area contributed by atoms with Crippen LogP contribution in [0.2, 0.25) is 5.02 Å². The van der Waals surface area contributed by atoms with Crippen LogP contribution >= 0.6 is 11.6 Å². The van der Waals surface area contributed by atoms with Gasteiger partial charge in [0, 0.05) is 43.8 Å². The smallest absolute Gasteiger partial charge is 0.410 e. The lowest BCUT2D eigenvalue weighted by molar-refractivity contribution is -0.134. The second kappa shape index (κ2) is 13.4. The molecular weight excluding hydrogens is 572 g/mol. The molecule has 0 saturated carbocycles. The lowest BCUT2D eigenvalue weighted by atomic mass is 9.78. The van der Waals surface area contributed by atoms with Crippen molar-refractivity contribution >= 4 is 23.6 Å². The average molecular weight is 621 g/mol. The summed E-state index contributed by atoms with van der Waals surface area (Å²) in [5.41, 5.74) is 4.82. The van der Waals surface area contributed by atoms with Crippen molar-refractivity contribution in [2.45, 2.75) is 90.2 Å². The lowest BCUT2D eigenvalue weighted by Gasteiger charge is -2.43. The Morgan fingerprint density at radius 1 is 0.864 bits per heavy atom. The fourth-order valence-corrected chi connectivity index (χ4v) is 8.24. The minimum Gasteiger partial charge on any atom is -0.444 e. The summed E-state index contributed by atoms with van der Waals surface area (Å²) in [6, 6.07) is 10.9. The first-order valence-corrected chi connectivity index (χ1v) is 17.2. The van der Waals surface area contributed by atoms with E-state index in [4.69, 9.17) is 21.3 Å². The fourth-order valence-electron chi connectivity index (χ4n) is 8.04. The molecule has 6 rings (SSSR count). The van der Waals surface area contributed by atoms with Gasteiger partial charge >= 0.3 is 6.09 Å². The summed E-state index contributed by atoms with van der Waals surface area (Å²) in [5.74, 6) is 2.07. The zero-order valence-corrected chi connectivity index (χ0v) is 27.5. The van der Waals surface area contributed by atoms with Gasteiger partial charge < -0.3 is 14.5 Å². The van der Waals surface area contributed by atoms with Crippen LogP contribution in [0.4, 0.5) is 4.79 Å². The standard InChI is InChI=1S/C36H49ClN4O3/c1-36(2,3)44-35(43)41-17-10-25(11-18-41)23-32(42)39-19-12-26(13-20-39)27-14-21-40(22-15-27)34-31-9-8-30(37)24-29(31)7-6-28-5-4-16-38-33(28)34/h4-5,8-9,16,24-27,34H,6-7,10-15,17-23H2,1-3H3. The number of nitrogens with zero attached hydrogens (tertiary/aromatic N) is 4. The van der Waals surface area contributed by atoms with E-state index in [2.05, 4.69) is 34.1 Å². The number of aryl methyl sites for hydroxylation is 2. The normalized spacial score (nSPS) is 22.7. The zero-order chi connectivity index (χ0) is 30.8. The molecule has 4 heterocycles. The molecule has 44 heavy (non-hydrogen) atoms. The minimum atomic E-state index is -0.479. The van der Waals surface area contributed by atoms with Gasteiger partial charge in [0.25, 0.3) is 0 Å². The number of fused-ring (bicyclic) bond motifs is 2. The third-order valence-electron chi connectivity index (χ3n) is 10.5. The molecule has 8 heteroatoms. The Balaban J connectivity index is 0.983. The molecule has 1 aromatic carbocycles. The first kappa shape index (κ1) is 31.3. The Morgan fingerprint density at radius 3 is 2.18 bits per heavy atom. The van der Waals surface area contributed by atoms with Crippen LogP contribution in [0.1, 0.15) is 94.1 Å². The highest BCUT2D eigenvalue weighted by molar-refractivity contribution is 6.30. The van der Waals surface area contributed by atoms with Gasteiger partial charge in [-0.2, -0.15) is 0 Å². The van der Waals surface area contributed by atoms with Gasteiger partial charge in [-0.25, -0.2) is 4.79 Å². The monoisotopic (exact) mass is 620 g/mol. The Morgan fingerprint density at radius 2 is 1.50 bits per heavy atom. The van der Waals surface area contributed by atoms with Gasteiger partial charge in [-0.05, 0) is 138 Å². The van der Waals surface area contributed by atoms with E-state index < -0.39 is 5.60 Å². The Bertz CT molecular complexity index is 1320. The van der Waals surface area contributed by atoms with E-state index in [1.54, 1.807) is 4.90 Å². The number of ether oxygens (including phenoxy) is 1. The second-order valence-electron chi connectivity index (χ2n) is 14.5. The summed E-state index contributed by atoms with van der Waals surface area (Å²) in [7, 11) is 0. The lowest BCUT2D eigenvalue weighted by Crippen LogP contribution is -2.45. The van der Waals surface area contributed by atoms with Crippen molar-refractivity contribution in [3.8, 4) is 0 Å². The summed E-state index contributed by atoms with van der Waals surface area (Å²) in [6.07, 6.45) is 10.7. The van der Waals surface area contributed by atoms with Crippen LogP contribution in [0, 0.1) is 17.8 Å². The molecule has 3 saturated heterocycles. The first-order chi connectivity index (χ1) is 21.1. The quantitative estimate of drug-likeness (QED) is 0.372. The number of aromatic nitrogens is 1. The van der Waals surface area contributed by atoms with Crippen LogP contribution in [-0.2, 0) is 22.4 Å². The van der Waals surface area contributed by atoms with Crippen LogP contribution in [-0.4, -0.2) is 76.6 Å². The predicted molar refractivity (Wildman–Crippen MR) is 174 cm³/mol. The van der Waals surface area contributed by atoms with Crippen LogP contribution in [0.15, 0.2) is 36.5 Å². The van der Waals surface area contributed by atoms with Crippen LogP contribution in [0.5, 0.6) is 0 Å². The summed E-state index contributed by atoms with van der Waals surface area (Å²) in [4.78, 5) is 37.1. The maximum atomic E-state index is 13.2. The Labute approximate surface area is 268 Å². The fraction of sp³-hybridized carbons (Fsp3) is 0.639.